The molecule has 0 fully saturated rings. The summed E-state index contributed by atoms with van der Waals surface area (Å²) in [5.41, 5.74) is 0. The van der Waals surface area contributed by atoms with Gasteiger partial charge in [0.1, 0.15) is 6.20 Å². The Bertz CT molecular complexity index is 391. The molecule has 88 valence electrons. The van der Waals surface area contributed by atoms with Crippen molar-refractivity contribution in [3.05, 3.63) is 16.3 Å². The fourth-order valence-electron chi connectivity index (χ4n) is 1.20. The van der Waals surface area contributed by atoms with Gasteiger partial charge in [0.15, 0.2) is 5.13 Å². The van der Waals surface area contributed by atoms with Gasteiger partial charge in [-0.05, 0) is 17.8 Å². The van der Waals surface area contributed by atoms with Gasteiger partial charge in [0.2, 0.25) is 5.91 Å². The number of amides is 1. The first-order chi connectivity index (χ1) is 7.54. The summed E-state index contributed by atoms with van der Waals surface area (Å²) in [6, 6.07) is 0. The zero-order chi connectivity index (χ0) is 12.1. The number of nitrogens with one attached hydrogen (secondary N) is 1. The van der Waals surface area contributed by atoms with Crippen molar-refractivity contribution in [3.8, 4) is 0 Å². The van der Waals surface area contributed by atoms with E-state index in [-0.39, 0.29) is 22.0 Å². The lowest BCUT2D eigenvalue weighted by molar-refractivity contribution is -0.380. The van der Waals surface area contributed by atoms with Gasteiger partial charge in [0.05, 0.1) is 4.92 Å². The molecule has 1 heterocycles. The highest BCUT2D eigenvalue weighted by Gasteiger charge is 2.16. The maximum Gasteiger partial charge on any atom is 0.345 e. The average molecular weight is 243 g/mol. The zero-order valence-corrected chi connectivity index (χ0v) is 9.91. The van der Waals surface area contributed by atoms with Gasteiger partial charge < -0.3 is 5.32 Å². The smallest absolute Gasteiger partial charge is 0.302 e. The van der Waals surface area contributed by atoms with Crippen molar-refractivity contribution in [2.75, 3.05) is 5.32 Å². The van der Waals surface area contributed by atoms with Gasteiger partial charge in [-0.15, -0.1) is 0 Å². The van der Waals surface area contributed by atoms with Crippen molar-refractivity contribution in [1.82, 2.24) is 4.98 Å². The summed E-state index contributed by atoms with van der Waals surface area (Å²) < 4.78 is 0. The van der Waals surface area contributed by atoms with Crippen LogP contribution < -0.4 is 5.32 Å². The molecule has 0 aliphatic carbocycles. The van der Waals surface area contributed by atoms with Crippen LogP contribution >= 0.6 is 11.3 Å². The molecule has 1 aromatic heterocycles. The van der Waals surface area contributed by atoms with Gasteiger partial charge in [0.25, 0.3) is 0 Å². The average Bonchev–Trinajstić information content (AvgIpc) is 2.66. The molecule has 0 radical (unpaired) electrons. The molecular formula is C9H13N3O3S. The van der Waals surface area contributed by atoms with E-state index in [0.717, 1.165) is 30.4 Å². The predicted molar refractivity (Wildman–Crippen MR) is 61.5 cm³/mol. The highest BCUT2D eigenvalue weighted by molar-refractivity contribution is 7.18. The Morgan fingerprint density at radius 3 is 2.94 bits per heavy atom. The number of anilines is 1. The largest absolute Gasteiger partial charge is 0.345 e. The maximum absolute atomic E-state index is 11.6. The minimum atomic E-state index is -0.525. The third kappa shape index (κ3) is 3.27. The van der Waals surface area contributed by atoms with Gasteiger partial charge in [-0.2, -0.15) is 0 Å². The SMILES string of the molecule is CCC[C@@H](C)C(=O)Nc1ncc([N+](=O)[O-])s1. The molecule has 16 heavy (non-hydrogen) atoms. The first kappa shape index (κ1) is 12.6. The molecule has 7 heteroatoms. The Morgan fingerprint density at radius 1 is 1.75 bits per heavy atom. The second-order valence-corrected chi connectivity index (χ2v) is 4.45. The van der Waals surface area contributed by atoms with Crippen molar-refractivity contribution in [3.63, 3.8) is 0 Å². The Balaban J connectivity index is 2.59. The monoisotopic (exact) mass is 243 g/mol. The molecule has 1 atom stereocenters. The molecule has 0 saturated heterocycles. The van der Waals surface area contributed by atoms with Gasteiger partial charge >= 0.3 is 5.00 Å². The minimum absolute atomic E-state index is 0.0709. The first-order valence-electron chi connectivity index (χ1n) is 4.95. The van der Waals surface area contributed by atoms with E-state index >= 15 is 0 Å². The maximum atomic E-state index is 11.6. The van der Waals surface area contributed by atoms with Crippen LogP contribution in [0.3, 0.4) is 0 Å². The summed E-state index contributed by atoms with van der Waals surface area (Å²) in [5.74, 6) is -0.251. The van der Waals surface area contributed by atoms with E-state index in [1.54, 1.807) is 0 Å². The van der Waals surface area contributed by atoms with Crippen molar-refractivity contribution in [1.29, 1.82) is 0 Å². The quantitative estimate of drug-likeness (QED) is 0.635. The van der Waals surface area contributed by atoms with E-state index in [2.05, 4.69) is 10.3 Å². The van der Waals surface area contributed by atoms with Gasteiger partial charge in [-0.25, -0.2) is 4.98 Å². The fraction of sp³-hybridized carbons (Fsp3) is 0.556. The standard InChI is InChI=1S/C9H13N3O3S/c1-3-4-6(2)8(13)11-9-10-5-7(16-9)12(14)15/h5-6H,3-4H2,1-2H3,(H,10,11,13)/t6-/m1/s1. The normalized spacial score (nSPS) is 12.1. The summed E-state index contributed by atoms with van der Waals surface area (Å²) in [4.78, 5) is 25.2. The van der Waals surface area contributed by atoms with Crippen LogP contribution in [0.25, 0.3) is 0 Å². The van der Waals surface area contributed by atoms with Crippen LogP contribution in [0.4, 0.5) is 10.1 Å². The molecule has 0 saturated carbocycles. The second kappa shape index (κ2) is 5.55. The molecule has 0 aliphatic rings. The number of thiazole rings is 1. The summed E-state index contributed by atoms with van der Waals surface area (Å²) in [5, 5.41) is 13.2. The summed E-state index contributed by atoms with van der Waals surface area (Å²) in [6.07, 6.45) is 2.86. The number of rotatable bonds is 5. The van der Waals surface area contributed by atoms with E-state index in [0.29, 0.717) is 0 Å². The number of nitro groups is 1. The summed E-state index contributed by atoms with van der Waals surface area (Å²) in [7, 11) is 0. The molecule has 1 aromatic rings. The number of nitrogens with zero attached hydrogens (tertiary/aromatic N) is 2. The van der Waals surface area contributed by atoms with E-state index in [4.69, 9.17) is 0 Å². The molecule has 0 spiro atoms. The van der Waals surface area contributed by atoms with Crippen LogP contribution in [-0.4, -0.2) is 15.8 Å². The predicted octanol–water partition coefficient (Wildman–Crippen LogP) is 2.43. The van der Waals surface area contributed by atoms with Crippen LogP contribution in [-0.2, 0) is 4.79 Å². The Kier molecular flexibility index (Phi) is 4.36. The van der Waals surface area contributed by atoms with E-state index in [9.17, 15) is 14.9 Å². The van der Waals surface area contributed by atoms with Crippen molar-refractivity contribution < 1.29 is 9.72 Å². The van der Waals surface area contributed by atoms with Gasteiger partial charge in [0, 0.05) is 5.92 Å². The molecule has 0 aliphatic heterocycles. The zero-order valence-electron chi connectivity index (χ0n) is 9.10. The number of carbonyl (C=O) groups is 1. The molecule has 6 nitrogen and oxygen atoms in total. The number of aromatic nitrogens is 1. The molecule has 0 aromatic carbocycles. The number of hydrogen-bond acceptors (Lipinski definition) is 5. The van der Waals surface area contributed by atoms with Crippen molar-refractivity contribution >= 4 is 27.4 Å². The summed E-state index contributed by atoms with van der Waals surface area (Å²) >= 11 is 0.863. The van der Waals surface area contributed by atoms with Crippen LogP contribution in [0.1, 0.15) is 26.7 Å². The molecule has 1 rings (SSSR count). The van der Waals surface area contributed by atoms with E-state index in [1.807, 2.05) is 13.8 Å². The Hall–Kier alpha value is -1.50. The number of carbonyl (C=O) groups excluding carboxylic acids is 1. The first-order valence-corrected chi connectivity index (χ1v) is 5.77. The highest BCUT2D eigenvalue weighted by atomic mass is 32.1. The molecule has 1 N–H and O–H groups in total. The molecule has 1 amide bonds. The molecule has 0 unspecified atom stereocenters. The van der Waals surface area contributed by atoms with Crippen LogP contribution in [0.2, 0.25) is 0 Å². The second-order valence-electron chi connectivity index (χ2n) is 3.44. The van der Waals surface area contributed by atoms with E-state index in [1.165, 1.54) is 0 Å². The van der Waals surface area contributed by atoms with Gasteiger partial charge in [-0.1, -0.05) is 20.3 Å². The lowest BCUT2D eigenvalue weighted by Gasteiger charge is -2.08. The number of hydrogen-bond donors (Lipinski definition) is 1. The topological polar surface area (TPSA) is 85.1 Å². The third-order valence-corrected chi connectivity index (χ3v) is 2.94. The lowest BCUT2D eigenvalue weighted by Crippen LogP contribution is -2.19. The van der Waals surface area contributed by atoms with Crippen molar-refractivity contribution in [2.24, 2.45) is 5.92 Å². The van der Waals surface area contributed by atoms with Crippen molar-refractivity contribution in [2.45, 2.75) is 26.7 Å². The fourth-order valence-corrected chi connectivity index (χ4v) is 1.84. The Morgan fingerprint density at radius 2 is 2.44 bits per heavy atom. The molecule has 0 bridgehead atoms. The van der Waals surface area contributed by atoms with Gasteiger partial charge in [-0.3, -0.25) is 14.9 Å². The Labute approximate surface area is 96.8 Å². The van der Waals surface area contributed by atoms with E-state index < -0.39 is 4.92 Å². The van der Waals surface area contributed by atoms with Crippen LogP contribution in [0, 0.1) is 16.0 Å². The summed E-state index contributed by atoms with van der Waals surface area (Å²) in [6.45, 7) is 3.82. The van der Waals surface area contributed by atoms with Crippen LogP contribution in [0.15, 0.2) is 6.20 Å². The third-order valence-electron chi connectivity index (χ3n) is 2.07. The minimum Gasteiger partial charge on any atom is -0.302 e. The lowest BCUT2D eigenvalue weighted by atomic mass is 10.1. The highest BCUT2D eigenvalue weighted by Crippen LogP contribution is 2.25. The molecular weight excluding hydrogens is 230 g/mol. The van der Waals surface area contributed by atoms with Crippen LogP contribution in [0.5, 0.6) is 0 Å².